The van der Waals surface area contributed by atoms with Crippen LogP contribution in [0.25, 0.3) is 5.69 Å². The van der Waals surface area contributed by atoms with Gasteiger partial charge in [0.1, 0.15) is 5.82 Å². The first-order valence-corrected chi connectivity index (χ1v) is 11.4. The van der Waals surface area contributed by atoms with E-state index in [-0.39, 0.29) is 18.0 Å². The number of para-hydroxylation sites is 2. The summed E-state index contributed by atoms with van der Waals surface area (Å²) in [6.07, 6.45) is 3.27. The average molecular weight is 469 g/mol. The van der Waals surface area contributed by atoms with Crippen molar-refractivity contribution in [1.29, 1.82) is 0 Å². The minimum Gasteiger partial charge on any atom is -0.451 e. The molecular weight excluding hydrogens is 447 g/mol. The fourth-order valence-electron chi connectivity index (χ4n) is 3.70. The molecule has 0 aliphatic carbocycles. The van der Waals surface area contributed by atoms with Crippen LogP contribution >= 0.6 is 11.8 Å². The molecule has 1 atom stereocenters. The van der Waals surface area contributed by atoms with E-state index in [9.17, 15) is 18.8 Å². The van der Waals surface area contributed by atoms with Crippen molar-refractivity contribution in [3.8, 4) is 5.69 Å². The molecular formula is C23H21FN4O4S. The number of halogens is 1. The van der Waals surface area contributed by atoms with Crippen LogP contribution in [-0.4, -0.2) is 46.2 Å². The summed E-state index contributed by atoms with van der Waals surface area (Å²) in [5.41, 5.74) is 1.71. The van der Waals surface area contributed by atoms with Gasteiger partial charge >= 0.3 is 5.97 Å². The van der Waals surface area contributed by atoms with Crippen LogP contribution in [0.4, 0.5) is 15.8 Å². The summed E-state index contributed by atoms with van der Waals surface area (Å²) in [5, 5.41) is 3.30. The van der Waals surface area contributed by atoms with Gasteiger partial charge in [0.15, 0.2) is 17.5 Å². The normalized spacial score (nSPS) is 15.4. The largest absolute Gasteiger partial charge is 0.451 e. The number of nitrogens with one attached hydrogen (secondary N) is 1. The maximum atomic E-state index is 13.4. The SMILES string of the molecule is CSc1ncc(C(=O)OCC(=O)N2c3ccccc3NC(=O)CC2C)n1-c1ccc(F)cc1. The van der Waals surface area contributed by atoms with Crippen LogP contribution in [0, 0.1) is 5.82 Å². The molecule has 0 bridgehead atoms. The number of hydrogen-bond donors (Lipinski definition) is 1. The number of hydrogen-bond acceptors (Lipinski definition) is 6. The van der Waals surface area contributed by atoms with Crippen molar-refractivity contribution in [3.05, 3.63) is 66.2 Å². The lowest BCUT2D eigenvalue weighted by Gasteiger charge is -2.27. The Morgan fingerprint density at radius 1 is 1.21 bits per heavy atom. The Labute approximate surface area is 193 Å². The van der Waals surface area contributed by atoms with Gasteiger partial charge in [0.05, 0.1) is 17.6 Å². The maximum absolute atomic E-state index is 13.4. The number of imidazole rings is 1. The molecule has 1 N–H and O–H groups in total. The highest BCUT2D eigenvalue weighted by atomic mass is 32.2. The Kier molecular flexibility index (Phi) is 6.45. The van der Waals surface area contributed by atoms with E-state index in [1.807, 2.05) is 0 Å². The van der Waals surface area contributed by atoms with Crippen molar-refractivity contribution in [3.63, 3.8) is 0 Å². The highest BCUT2D eigenvalue weighted by Crippen LogP contribution is 2.31. The predicted molar refractivity (Wildman–Crippen MR) is 122 cm³/mol. The van der Waals surface area contributed by atoms with Gasteiger partial charge in [-0.2, -0.15) is 0 Å². The molecule has 10 heteroatoms. The van der Waals surface area contributed by atoms with Gasteiger partial charge in [0, 0.05) is 18.2 Å². The number of aromatic nitrogens is 2. The van der Waals surface area contributed by atoms with Crippen molar-refractivity contribution in [2.24, 2.45) is 0 Å². The van der Waals surface area contributed by atoms with Crippen LogP contribution in [0.5, 0.6) is 0 Å². The minimum atomic E-state index is -0.745. The van der Waals surface area contributed by atoms with Crippen molar-refractivity contribution < 1.29 is 23.5 Å². The fraction of sp³-hybridized carbons (Fsp3) is 0.217. The van der Waals surface area contributed by atoms with Gasteiger partial charge in [0.25, 0.3) is 5.91 Å². The molecule has 1 aromatic heterocycles. The fourth-order valence-corrected chi connectivity index (χ4v) is 4.25. The predicted octanol–water partition coefficient (Wildman–Crippen LogP) is 3.65. The molecule has 1 aliphatic heterocycles. The molecule has 2 aromatic carbocycles. The van der Waals surface area contributed by atoms with Crippen molar-refractivity contribution in [2.75, 3.05) is 23.1 Å². The molecule has 33 heavy (non-hydrogen) atoms. The van der Waals surface area contributed by atoms with Crippen LogP contribution in [0.3, 0.4) is 0 Å². The standard InChI is InChI=1S/C23H21FN4O4S/c1-14-11-20(29)26-17-5-3-4-6-18(17)27(14)21(30)13-32-22(31)19-12-25-23(33-2)28(19)16-9-7-15(24)8-10-16/h3-10,12,14H,11,13H2,1-2H3,(H,26,29). The zero-order valence-electron chi connectivity index (χ0n) is 17.9. The smallest absolute Gasteiger partial charge is 0.357 e. The molecule has 0 spiro atoms. The Bertz CT molecular complexity index is 1210. The molecule has 170 valence electrons. The molecule has 2 amide bonds. The summed E-state index contributed by atoms with van der Waals surface area (Å²) in [4.78, 5) is 43.7. The van der Waals surface area contributed by atoms with E-state index >= 15 is 0 Å². The number of fused-ring (bicyclic) bond motifs is 1. The highest BCUT2D eigenvalue weighted by molar-refractivity contribution is 7.98. The van der Waals surface area contributed by atoms with Gasteiger partial charge in [-0.3, -0.25) is 14.2 Å². The Morgan fingerprint density at radius 2 is 1.94 bits per heavy atom. The third kappa shape index (κ3) is 4.61. The second kappa shape index (κ2) is 9.45. The van der Waals surface area contributed by atoms with Crippen LogP contribution in [0.1, 0.15) is 23.8 Å². The number of esters is 1. The molecule has 1 unspecified atom stereocenters. The summed E-state index contributed by atoms with van der Waals surface area (Å²) >= 11 is 1.31. The van der Waals surface area contributed by atoms with Gasteiger partial charge in [-0.15, -0.1) is 0 Å². The van der Waals surface area contributed by atoms with E-state index in [4.69, 9.17) is 4.74 Å². The molecule has 2 heterocycles. The van der Waals surface area contributed by atoms with Crippen LogP contribution < -0.4 is 10.2 Å². The number of nitrogens with zero attached hydrogens (tertiary/aromatic N) is 3. The number of rotatable bonds is 5. The van der Waals surface area contributed by atoms with Crippen molar-refractivity contribution in [2.45, 2.75) is 24.5 Å². The number of carbonyl (C=O) groups excluding carboxylic acids is 3. The van der Waals surface area contributed by atoms with Crippen molar-refractivity contribution >= 4 is 40.9 Å². The second-order valence-electron chi connectivity index (χ2n) is 7.40. The zero-order valence-corrected chi connectivity index (χ0v) is 18.8. The first-order chi connectivity index (χ1) is 15.9. The molecule has 0 saturated heterocycles. The van der Waals surface area contributed by atoms with E-state index in [0.29, 0.717) is 22.2 Å². The molecule has 0 fully saturated rings. The molecule has 0 saturated carbocycles. The average Bonchev–Trinajstić information content (AvgIpc) is 3.18. The monoisotopic (exact) mass is 468 g/mol. The van der Waals surface area contributed by atoms with Gasteiger partial charge in [-0.1, -0.05) is 23.9 Å². The third-order valence-corrected chi connectivity index (χ3v) is 5.81. The zero-order chi connectivity index (χ0) is 23.5. The van der Waals surface area contributed by atoms with E-state index in [1.54, 1.807) is 42.0 Å². The Morgan fingerprint density at radius 3 is 2.67 bits per heavy atom. The van der Waals surface area contributed by atoms with E-state index in [2.05, 4.69) is 10.3 Å². The van der Waals surface area contributed by atoms with E-state index in [1.165, 1.54) is 47.1 Å². The topological polar surface area (TPSA) is 93.5 Å². The van der Waals surface area contributed by atoms with Crippen LogP contribution in [0.2, 0.25) is 0 Å². The summed E-state index contributed by atoms with van der Waals surface area (Å²) in [7, 11) is 0. The number of amides is 2. The molecule has 1 aliphatic rings. The van der Waals surface area contributed by atoms with Crippen LogP contribution in [-0.2, 0) is 14.3 Å². The summed E-state index contributed by atoms with van der Waals surface area (Å²) in [5.74, 6) is -1.81. The van der Waals surface area contributed by atoms with E-state index < -0.39 is 30.3 Å². The summed E-state index contributed by atoms with van der Waals surface area (Å²) < 4.78 is 20.2. The van der Waals surface area contributed by atoms with Crippen LogP contribution in [0.15, 0.2) is 59.9 Å². The first-order valence-electron chi connectivity index (χ1n) is 10.1. The highest BCUT2D eigenvalue weighted by Gasteiger charge is 2.30. The third-order valence-electron chi connectivity index (χ3n) is 5.16. The lowest BCUT2D eigenvalue weighted by molar-refractivity contribution is -0.122. The molecule has 3 aromatic rings. The quantitative estimate of drug-likeness (QED) is 0.454. The second-order valence-corrected chi connectivity index (χ2v) is 8.17. The molecule has 8 nitrogen and oxygen atoms in total. The number of benzene rings is 2. The Hall–Kier alpha value is -3.66. The van der Waals surface area contributed by atoms with Gasteiger partial charge < -0.3 is 15.0 Å². The Balaban J connectivity index is 1.55. The van der Waals surface area contributed by atoms with Gasteiger partial charge in [0.2, 0.25) is 5.91 Å². The first kappa shape index (κ1) is 22.5. The number of thioether (sulfide) groups is 1. The minimum absolute atomic E-state index is 0.111. The summed E-state index contributed by atoms with van der Waals surface area (Å²) in [6, 6.07) is 12.2. The number of anilines is 2. The molecule has 0 radical (unpaired) electrons. The maximum Gasteiger partial charge on any atom is 0.357 e. The van der Waals surface area contributed by atoms with Gasteiger partial charge in [-0.05, 0) is 49.6 Å². The summed E-state index contributed by atoms with van der Waals surface area (Å²) in [6.45, 7) is 1.24. The lowest BCUT2D eigenvalue weighted by Crippen LogP contribution is -2.41. The van der Waals surface area contributed by atoms with E-state index in [0.717, 1.165) is 0 Å². The van der Waals surface area contributed by atoms with Gasteiger partial charge in [-0.25, -0.2) is 14.2 Å². The van der Waals surface area contributed by atoms with Crippen molar-refractivity contribution in [1.82, 2.24) is 9.55 Å². The molecule has 4 rings (SSSR count). The number of ether oxygens (including phenoxy) is 1. The lowest BCUT2D eigenvalue weighted by atomic mass is 10.1. The number of carbonyl (C=O) groups is 3.